The van der Waals surface area contributed by atoms with Crippen LogP contribution in [0, 0.1) is 5.41 Å². The lowest BCUT2D eigenvalue weighted by atomic mass is 9.64. The quantitative estimate of drug-likeness (QED) is 0.753. The third kappa shape index (κ3) is 3.43. The first kappa shape index (κ1) is 16.0. The molecule has 1 saturated carbocycles. The van der Waals surface area contributed by atoms with Crippen molar-refractivity contribution in [2.24, 2.45) is 5.41 Å². The molecule has 3 N–H and O–H groups in total. The van der Waals surface area contributed by atoms with Gasteiger partial charge in [-0.1, -0.05) is 20.8 Å². The fourth-order valence-electron chi connectivity index (χ4n) is 2.78. The van der Waals surface area contributed by atoms with Crippen molar-refractivity contribution >= 4 is 11.4 Å². The molecule has 1 fully saturated rings. The van der Waals surface area contributed by atoms with E-state index < -0.39 is 0 Å². The fourth-order valence-corrected chi connectivity index (χ4v) is 2.78. The highest BCUT2D eigenvalue weighted by atomic mass is 16.5. The van der Waals surface area contributed by atoms with E-state index in [2.05, 4.69) is 26.1 Å². The lowest BCUT2D eigenvalue weighted by molar-refractivity contribution is -0.0975. The molecular formula is C17H28N2O2. The average Bonchev–Trinajstić information content (AvgIpc) is 2.46. The summed E-state index contributed by atoms with van der Waals surface area (Å²) in [6.45, 7) is 10.1. The minimum absolute atomic E-state index is 0.141. The molecule has 1 aromatic rings. The van der Waals surface area contributed by atoms with Crippen molar-refractivity contribution in [2.75, 3.05) is 24.3 Å². The number of nitrogens with one attached hydrogen (secondary N) is 1. The summed E-state index contributed by atoms with van der Waals surface area (Å²) in [5, 5.41) is 3.59. The molecule has 0 bridgehead atoms. The van der Waals surface area contributed by atoms with Crippen molar-refractivity contribution in [3.63, 3.8) is 0 Å². The average molecular weight is 292 g/mol. The third-order valence-electron chi connectivity index (χ3n) is 4.36. The Kier molecular flexibility index (Phi) is 4.99. The summed E-state index contributed by atoms with van der Waals surface area (Å²) in [5.74, 6) is 0.764. The molecule has 0 heterocycles. The summed E-state index contributed by atoms with van der Waals surface area (Å²) < 4.78 is 11.5. The van der Waals surface area contributed by atoms with E-state index in [9.17, 15) is 0 Å². The first-order valence-corrected chi connectivity index (χ1v) is 7.89. The van der Waals surface area contributed by atoms with Crippen molar-refractivity contribution in [1.29, 1.82) is 0 Å². The van der Waals surface area contributed by atoms with E-state index >= 15 is 0 Å². The number of hydrogen-bond donors (Lipinski definition) is 2. The Bertz CT molecular complexity index is 474. The Morgan fingerprint density at radius 1 is 1.33 bits per heavy atom. The fraction of sp³-hybridized carbons (Fsp3) is 0.647. The van der Waals surface area contributed by atoms with E-state index in [0.717, 1.165) is 30.9 Å². The molecule has 2 atom stereocenters. The van der Waals surface area contributed by atoms with Crippen LogP contribution in [-0.2, 0) is 4.74 Å². The highest BCUT2D eigenvalue weighted by Crippen LogP contribution is 2.44. The monoisotopic (exact) mass is 292 g/mol. The molecule has 0 aromatic heterocycles. The van der Waals surface area contributed by atoms with E-state index in [-0.39, 0.29) is 5.41 Å². The smallest absolute Gasteiger partial charge is 0.144 e. The predicted molar refractivity (Wildman–Crippen MR) is 87.9 cm³/mol. The summed E-state index contributed by atoms with van der Waals surface area (Å²) in [6, 6.07) is 6.32. The van der Waals surface area contributed by atoms with Gasteiger partial charge in [-0.3, -0.25) is 0 Å². The predicted octanol–water partition coefficient (Wildman–Crippen LogP) is 3.67. The van der Waals surface area contributed by atoms with Crippen LogP contribution in [0.5, 0.6) is 5.75 Å². The first-order chi connectivity index (χ1) is 9.98. The van der Waals surface area contributed by atoms with Gasteiger partial charge in [0, 0.05) is 29.8 Å². The van der Waals surface area contributed by atoms with Gasteiger partial charge < -0.3 is 20.5 Å². The largest absolute Gasteiger partial charge is 0.491 e. The zero-order chi connectivity index (χ0) is 15.5. The molecule has 2 unspecified atom stereocenters. The van der Waals surface area contributed by atoms with Crippen molar-refractivity contribution in [3.8, 4) is 5.75 Å². The minimum Gasteiger partial charge on any atom is -0.491 e. The minimum atomic E-state index is 0.141. The third-order valence-corrected chi connectivity index (χ3v) is 4.36. The molecule has 1 aromatic carbocycles. The van der Waals surface area contributed by atoms with Gasteiger partial charge in [-0.25, -0.2) is 0 Å². The SMILES string of the molecule is CCCOc1cc(NC2CC(OCC)C2(C)C)ccc1N. The maximum atomic E-state index is 5.95. The molecule has 1 aliphatic rings. The number of hydrogen-bond acceptors (Lipinski definition) is 4. The molecule has 0 amide bonds. The standard InChI is InChI=1S/C17H28N2O2/c1-5-9-21-14-10-12(7-8-13(14)18)19-15-11-16(20-6-2)17(15,3)4/h7-8,10,15-16,19H,5-6,9,11,18H2,1-4H3. The molecule has 0 saturated heterocycles. The van der Waals surface area contributed by atoms with E-state index in [1.54, 1.807) is 0 Å². The summed E-state index contributed by atoms with van der Waals surface area (Å²) >= 11 is 0. The van der Waals surface area contributed by atoms with Crippen molar-refractivity contribution < 1.29 is 9.47 Å². The molecule has 4 nitrogen and oxygen atoms in total. The Balaban J connectivity index is 2.01. The van der Waals surface area contributed by atoms with E-state index in [0.29, 0.717) is 24.4 Å². The van der Waals surface area contributed by atoms with Gasteiger partial charge in [-0.15, -0.1) is 0 Å². The second-order valence-electron chi connectivity index (χ2n) is 6.30. The van der Waals surface area contributed by atoms with E-state index in [1.807, 2.05) is 25.1 Å². The normalized spacial score (nSPS) is 23.4. The van der Waals surface area contributed by atoms with Crippen molar-refractivity contribution in [1.82, 2.24) is 0 Å². The summed E-state index contributed by atoms with van der Waals surface area (Å²) in [4.78, 5) is 0. The Morgan fingerprint density at radius 3 is 2.71 bits per heavy atom. The number of rotatable bonds is 7. The van der Waals surface area contributed by atoms with Crippen LogP contribution in [0.4, 0.5) is 11.4 Å². The molecule has 0 radical (unpaired) electrons. The molecule has 0 aliphatic heterocycles. The van der Waals surface area contributed by atoms with Gasteiger partial charge in [0.2, 0.25) is 0 Å². The first-order valence-electron chi connectivity index (χ1n) is 7.89. The molecule has 118 valence electrons. The molecule has 1 aliphatic carbocycles. The highest BCUT2D eigenvalue weighted by molar-refractivity contribution is 5.62. The van der Waals surface area contributed by atoms with Crippen LogP contribution in [0.1, 0.15) is 40.5 Å². The van der Waals surface area contributed by atoms with Gasteiger partial charge in [0.05, 0.1) is 18.4 Å². The van der Waals surface area contributed by atoms with Crippen molar-refractivity contribution in [2.45, 2.75) is 52.7 Å². The van der Waals surface area contributed by atoms with Crippen LogP contribution in [0.25, 0.3) is 0 Å². The lowest BCUT2D eigenvalue weighted by Gasteiger charge is -2.52. The maximum absolute atomic E-state index is 5.95. The van der Waals surface area contributed by atoms with Gasteiger partial charge in [0.25, 0.3) is 0 Å². The highest BCUT2D eigenvalue weighted by Gasteiger charge is 2.48. The summed E-state index contributed by atoms with van der Waals surface area (Å²) in [5.41, 5.74) is 7.84. The van der Waals surface area contributed by atoms with Crippen LogP contribution in [0.3, 0.4) is 0 Å². The van der Waals surface area contributed by atoms with Crippen LogP contribution in [0.15, 0.2) is 18.2 Å². The topological polar surface area (TPSA) is 56.5 Å². The van der Waals surface area contributed by atoms with Crippen molar-refractivity contribution in [3.05, 3.63) is 18.2 Å². The molecule has 4 heteroatoms. The number of nitrogens with two attached hydrogens (primary N) is 1. The number of nitrogen functional groups attached to an aromatic ring is 1. The number of ether oxygens (including phenoxy) is 2. The van der Waals surface area contributed by atoms with E-state index in [4.69, 9.17) is 15.2 Å². The Hall–Kier alpha value is -1.42. The molecule has 21 heavy (non-hydrogen) atoms. The van der Waals surface area contributed by atoms with Gasteiger partial charge in [-0.2, -0.15) is 0 Å². The molecule has 2 rings (SSSR count). The summed E-state index contributed by atoms with van der Waals surface area (Å²) in [6.07, 6.45) is 2.35. The van der Waals surface area contributed by atoms with Gasteiger partial charge in [0.15, 0.2) is 0 Å². The van der Waals surface area contributed by atoms with Crippen LogP contribution < -0.4 is 15.8 Å². The number of anilines is 2. The Labute approximate surface area is 128 Å². The Morgan fingerprint density at radius 2 is 2.10 bits per heavy atom. The maximum Gasteiger partial charge on any atom is 0.144 e. The van der Waals surface area contributed by atoms with E-state index in [1.165, 1.54) is 0 Å². The van der Waals surface area contributed by atoms with Gasteiger partial charge in [-0.05, 0) is 31.9 Å². The molecular weight excluding hydrogens is 264 g/mol. The zero-order valence-electron chi connectivity index (χ0n) is 13.6. The van der Waals surface area contributed by atoms with Gasteiger partial charge in [0.1, 0.15) is 5.75 Å². The zero-order valence-corrected chi connectivity index (χ0v) is 13.6. The van der Waals surface area contributed by atoms with Crippen LogP contribution >= 0.6 is 0 Å². The number of benzene rings is 1. The van der Waals surface area contributed by atoms with Gasteiger partial charge >= 0.3 is 0 Å². The molecule has 0 spiro atoms. The van der Waals surface area contributed by atoms with Crippen LogP contribution in [0.2, 0.25) is 0 Å². The summed E-state index contributed by atoms with van der Waals surface area (Å²) in [7, 11) is 0. The lowest BCUT2D eigenvalue weighted by Crippen LogP contribution is -2.58. The second-order valence-corrected chi connectivity index (χ2v) is 6.30. The van der Waals surface area contributed by atoms with Crippen LogP contribution in [-0.4, -0.2) is 25.4 Å². The second kappa shape index (κ2) is 6.56.